The predicted octanol–water partition coefficient (Wildman–Crippen LogP) is -2.85. The van der Waals surface area contributed by atoms with Gasteiger partial charge in [0.05, 0.1) is 0 Å². The first-order valence-corrected chi connectivity index (χ1v) is 1.70. The Morgan fingerprint density at radius 3 is 1.14 bits per heavy atom. The van der Waals surface area contributed by atoms with E-state index in [1.54, 1.807) is 20.8 Å². The zero-order valence-corrected chi connectivity index (χ0v) is 9.90. The van der Waals surface area contributed by atoms with Gasteiger partial charge in [-0.1, -0.05) is 20.8 Å². The molecule has 0 fully saturated rings. The van der Waals surface area contributed by atoms with Crippen molar-refractivity contribution in [2.45, 2.75) is 26.4 Å². The number of hydrogen-bond donors (Lipinski definition) is 0. The van der Waals surface area contributed by atoms with E-state index in [0.29, 0.717) is 0 Å². The monoisotopic (exact) mass is 218 g/mol. The summed E-state index contributed by atoms with van der Waals surface area (Å²) in [5.41, 5.74) is -0.750. The molecule has 42 valence electrons. The second-order valence-electron chi connectivity index (χ2n) is 2.11. The van der Waals surface area contributed by atoms with Crippen molar-refractivity contribution in [3.05, 3.63) is 0 Å². The fourth-order valence-electron chi connectivity index (χ4n) is 0. The van der Waals surface area contributed by atoms with Crippen LogP contribution < -0.4 is 56.5 Å². The van der Waals surface area contributed by atoms with E-state index < -0.39 is 5.60 Å². The van der Waals surface area contributed by atoms with E-state index in [-0.39, 0.29) is 71.8 Å². The third-order valence-corrected chi connectivity index (χ3v) is 0. The van der Waals surface area contributed by atoms with Gasteiger partial charge in [0.2, 0.25) is 0 Å². The summed E-state index contributed by atoms with van der Waals surface area (Å²) in [5, 5.41) is 10.1. The Balaban J connectivity index is -0.0000000800. The minimum Gasteiger partial charge on any atom is -0.850 e. The van der Waals surface area contributed by atoms with Gasteiger partial charge in [-0.15, -0.1) is 5.60 Å². The third-order valence-electron chi connectivity index (χ3n) is 0. The molecule has 0 radical (unpaired) electrons. The second kappa shape index (κ2) is 6.38. The smallest absolute Gasteiger partial charge is 0.850 e. The Kier molecular flexibility index (Phi) is 14.7. The van der Waals surface area contributed by atoms with Crippen LogP contribution in [-0.2, 0) is 20.4 Å². The van der Waals surface area contributed by atoms with Crippen LogP contribution >= 0.6 is 0 Å². The molecule has 0 rings (SSSR count). The minimum atomic E-state index is -0.750. The maximum absolute atomic E-state index is 10.1. The Hall–Kier alpha value is 2.26. The Labute approximate surface area is 101 Å². The van der Waals surface area contributed by atoms with Gasteiger partial charge in [0, 0.05) is 20.4 Å². The normalized spacial score (nSPS) is 8.57. The van der Waals surface area contributed by atoms with E-state index in [1.807, 2.05) is 0 Å². The topological polar surface area (TPSA) is 23.1 Å². The van der Waals surface area contributed by atoms with Gasteiger partial charge >= 0.3 is 51.4 Å². The standard InChI is InChI=1S/C4H9O.K.Pd/c1-4(2,3)5;;/h1-3H3;;/q-1;+1;. The molecule has 0 aromatic heterocycles. The Bertz CT molecular complexity index is 27.2. The van der Waals surface area contributed by atoms with E-state index in [1.165, 1.54) is 0 Å². The van der Waals surface area contributed by atoms with Crippen LogP contribution in [-0.4, -0.2) is 5.60 Å². The van der Waals surface area contributed by atoms with Crippen LogP contribution in [0.25, 0.3) is 0 Å². The molecule has 0 unspecified atom stereocenters. The van der Waals surface area contributed by atoms with Gasteiger partial charge in [-0.05, 0) is 0 Å². The Morgan fingerprint density at radius 2 is 1.14 bits per heavy atom. The molecule has 0 spiro atoms. The summed E-state index contributed by atoms with van der Waals surface area (Å²) in [6.07, 6.45) is 0. The summed E-state index contributed by atoms with van der Waals surface area (Å²) in [4.78, 5) is 0. The summed E-state index contributed by atoms with van der Waals surface area (Å²) < 4.78 is 0. The number of rotatable bonds is 0. The molecule has 0 bridgehead atoms. The summed E-state index contributed by atoms with van der Waals surface area (Å²) in [5.74, 6) is 0. The molecule has 0 N–H and O–H groups in total. The zero-order valence-electron chi connectivity index (χ0n) is 5.22. The summed E-state index contributed by atoms with van der Waals surface area (Å²) >= 11 is 0. The van der Waals surface area contributed by atoms with Crippen molar-refractivity contribution in [1.82, 2.24) is 0 Å². The maximum Gasteiger partial charge on any atom is 1.00 e. The average Bonchev–Trinajstić information content (AvgIpc) is 0.722. The van der Waals surface area contributed by atoms with Crippen LogP contribution in [0.2, 0.25) is 0 Å². The van der Waals surface area contributed by atoms with Crippen molar-refractivity contribution in [3.8, 4) is 0 Å². The zero-order chi connectivity index (χ0) is 4.50. The van der Waals surface area contributed by atoms with Gasteiger partial charge in [-0.25, -0.2) is 0 Å². The van der Waals surface area contributed by atoms with Crippen molar-refractivity contribution in [2.24, 2.45) is 0 Å². The Morgan fingerprint density at radius 1 is 1.14 bits per heavy atom. The van der Waals surface area contributed by atoms with Gasteiger partial charge in [0.15, 0.2) is 0 Å². The first-order chi connectivity index (χ1) is 2.00. The van der Waals surface area contributed by atoms with Gasteiger partial charge < -0.3 is 5.11 Å². The van der Waals surface area contributed by atoms with Gasteiger partial charge in [0.25, 0.3) is 0 Å². The first kappa shape index (κ1) is 16.1. The van der Waals surface area contributed by atoms with E-state index in [0.717, 1.165) is 0 Å². The molecule has 7 heavy (non-hydrogen) atoms. The number of hydrogen-bond acceptors (Lipinski definition) is 1. The van der Waals surface area contributed by atoms with E-state index >= 15 is 0 Å². The molecule has 0 aliphatic carbocycles. The molecular weight excluding hydrogens is 210 g/mol. The fourth-order valence-corrected chi connectivity index (χ4v) is 0. The van der Waals surface area contributed by atoms with Crippen molar-refractivity contribution < 1.29 is 76.9 Å². The van der Waals surface area contributed by atoms with E-state index in [2.05, 4.69) is 0 Å². The van der Waals surface area contributed by atoms with Crippen LogP contribution in [0.4, 0.5) is 0 Å². The molecule has 0 saturated carbocycles. The van der Waals surface area contributed by atoms with Crippen molar-refractivity contribution >= 4 is 0 Å². The van der Waals surface area contributed by atoms with Gasteiger partial charge in [-0.3, -0.25) is 0 Å². The fraction of sp³-hybridized carbons (Fsp3) is 1.00. The quantitative estimate of drug-likeness (QED) is 0.402. The molecule has 0 amide bonds. The molecule has 3 heteroatoms. The van der Waals surface area contributed by atoms with Gasteiger partial charge in [0.1, 0.15) is 0 Å². The molecule has 0 aliphatic heterocycles. The largest absolute Gasteiger partial charge is 1.00 e. The van der Waals surface area contributed by atoms with Crippen LogP contribution in [0.1, 0.15) is 20.8 Å². The third kappa shape index (κ3) is 63.4. The molecule has 0 saturated heterocycles. The first-order valence-electron chi connectivity index (χ1n) is 1.70. The van der Waals surface area contributed by atoms with Crippen molar-refractivity contribution in [2.75, 3.05) is 0 Å². The van der Waals surface area contributed by atoms with Crippen molar-refractivity contribution in [3.63, 3.8) is 0 Å². The second-order valence-corrected chi connectivity index (χ2v) is 2.11. The molecule has 1 nitrogen and oxygen atoms in total. The minimum absolute atomic E-state index is 0. The summed E-state index contributed by atoms with van der Waals surface area (Å²) in [6, 6.07) is 0. The SMILES string of the molecule is CC(C)(C)[O-].[K+].[Pd]. The van der Waals surface area contributed by atoms with E-state index in [4.69, 9.17) is 0 Å². The van der Waals surface area contributed by atoms with Gasteiger partial charge in [-0.2, -0.15) is 0 Å². The van der Waals surface area contributed by atoms with Crippen LogP contribution in [0.15, 0.2) is 0 Å². The summed E-state index contributed by atoms with van der Waals surface area (Å²) in [6.45, 7) is 4.90. The molecule has 0 atom stereocenters. The molecule has 0 heterocycles. The molecule has 0 aromatic rings. The van der Waals surface area contributed by atoms with Crippen molar-refractivity contribution in [1.29, 1.82) is 0 Å². The molecular formula is C4H9KOPd. The average molecular weight is 219 g/mol. The predicted molar refractivity (Wildman–Crippen MR) is 19.8 cm³/mol. The van der Waals surface area contributed by atoms with E-state index in [9.17, 15) is 5.11 Å². The van der Waals surface area contributed by atoms with Crippen LogP contribution in [0.5, 0.6) is 0 Å². The maximum atomic E-state index is 10.1. The molecule has 0 aromatic carbocycles. The molecule has 0 aliphatic rings. The van der Waals surface area contributed by atoms with Crippen LogP contribution in [0, 0.1) is 0 Å². The summed E-state index contributed by atoms with van der Waals surface area (Å²) in [7, 11) is 0. The van der Waals surface area contributed by atoms with Crippen LogP contribution in [0.3, 0.4) is 0 Å².